The van der Waals surface area contributed by atoms with Gasteiger partial charge in [-0.2, -0.15) is 0 Å². The summed E-state index contributed by atoms with van der Waals surface area (Å²) < 4.78 is 5.00. The van der Waals surface area contributed by atoms with Crippen molar-refractivity contribution in [3.05, 3.63) is 170 Å². The zero-order chi connectivity index (χ0) is 31.3. The maximum Gasteiger partial charge on any atom is 0.0619 e. The lowest BCUT2D eigenvalue weighted by molar-refractivity contribution is 1.18. The largest absolute Gasteiger partial charge is 0.309 e. The fraction of sp³-hybridized carbons (Fsp3) is 0. The first-order valence-corrected chi connectivity index (χ1v) is 16.6. The van der Waals surface area contributed by atoms with Gasteiger partial charge >= 0.3 is 0 Å². The third-order valence-corrected chi connectivity index (χ3v) is 10.4. The molecule has 222 valence electrons. The summed E-state index contributed by atoms with van der Waals surface area (Å²) >= 11 is 0. The number of fused-ring (bicyclic) bond motifs is 13. The smallest absolute Gasteiger partial charge is 0.0619 e. The van der Waals surface area contributed by atoms with Crippen molar-refractivity contribution in [2.75, 3.05) is 0 Å². The maximum atomic E-state index is 2.50. The quantitative estimate of drug-likeness (QED) is 0.185. The third-order valence-electron chi connectivity index (χ3n) is 10.4. The van der Waals surface area contributed by atoms with Gasteiger partial charge in [-0.3, -0.25) is 0 Å². The van der Waals surface area contributed by atoms with Gasteiger partial charge in [0.2, 0.25) is 0 Å². The van der Waals surface area contributed by atoms with E-state index in [1.165, 1.54) is 98.1 Å². The van der Waals surface area contributed by atoms with Gasteiger partial charge in [-0.15, -0.1) is 0 Å². The number of aromatic nitrogens is 2. The molecule has 11 aromatic rings. The van der Waals surface area contributed by atoms with E-state index in [0.717, 1.165) is 0 Å². The van der Waals surface area contributed by atoms with Crippen LogP contribution in [0, 0.1) is 0 Å². The summed E-state index contributed by atoms with van der Waals surface area (Å²) in [4.78, 5) is 0. The molecule has 0 spiro atoms. The van der Waals surface area contributed by atoms with Gasteiger partial charge in [0.15, 0.2) is 0 Å². The summed E-state index contributed by atoms with van der Waals surface area (Å²) in [5.74, 6) is 0. The molecule has 0 bridgehead atoms. The summed E-state index contributed by atoms with van der Waals surface area (Å²) in [5.41, 5.74) is 7.28. The molecule has 0 saturated carbocycles. The molecule has 2 nitrogen and oxygen atoms in total. The summed E-state index contributed by atoms with van der Waals surface area (Å²) in [7, 11) is 0. The molecule has 0 saturated heterocycles. The molecule has 48 heavy (non-hydrogen) atoms. The highest BCUT2D eigenvalue weighted by Crippen LogP contribution is 2.45. The van der Waals surface area contributed by atoms with E-state index in [9.17, 15) is 0 Å². The Labute approximate surface area is 276 Å². The Balaban J connectivity index is 1.37. The molecular weight excluding hydrogens is 581 g/mol. The van der Waals surface area contributed by atoms with Crippen LogP contribution in [0.3, 0.4) is 0 Å². The number of hydrogen-bond acceptors (Lipinski definition) is 0. The van der Waals surface area contributed by atoms with Gasteiger partial charge in [-0.05, 0) is 68.7 Å². The molecule has 9 aromatic carbocycles. The second kappa shape index (κ2) is 9.57. The molecule has 0 amide bonds. The summed E-state index contributed by atoms with van der Waals surface area (Å²) in [5, 5.41) is 15.1. The van der Waals surface area contributed by atoms with Crippen LogP contribution in [-0.2, 0) is 0 Å². The average molecular weight is 609 g/mol. The minimum atomic E-state index is 1.17. The van der Waals surface area contributed by atoms with Gasteiger partial charge < -0.3 is 9.13 Å². The van der Waals surface area contributed by atoms with Gasteiger partial charge in [0.05, 0.1) is 22.1 Å². The minimum Gasteiger partial charge on any atom is -0.309 e. The van der Waals surface area contributed by atoms with Crippen LogP contribution in [0.2, 0.25) is 0 Å². The lowest BCUT2D eigenvalue weighted by atomic mass is 10.0. The Bertz CT molecular complexity index is 2910. The van der Waals surface area contributed by atoms with Gasteiger partial charge in [0.25, 0.3) is 0 Å². The van der Waals surface area contributed by atoms with Crippen LogP contribution in [0.25, 0.3) is 98.1 Å². The molecule has 0 aliphatic carbocycles. The van der Waals surface area contributed by atoms with Crippen LogP contribution in [-0.4, -0.2) is 9.13 Å². The zero-order valence-electron chi connectivity index (χ0n) is 26.1. The van der Waals surface area contributed by atoms with Crippen LogP contribution < -0.4 is 0 Å². The molecule has 0 radical (unpaired) electrons. The Morgan fingerprint density at radius 3 is 1.10 bits per heavy atom. The third kappa shape index (κ3) is 3.46. The van der Waals surface area contributed by atoms with E-state index >= 15 is 0 Å². The molecule has 11 rings (SSSR count). The first-order valence-electron chi connectivity index (χ1n) is 16.6. The predicted octanol–water partition coefficient (Wildman–Crippen LogP) is 12.5. The van der Waals surface area contributed by atoms with Gasteiger partial charge in [-0.1, -0.05) is 133 Å². The molecule has 2 aromatic heterocycles. The zero-order valence-corrected chi connectivity index (χ0v) is 26.1. The number of nitrogens with zero attached hydrogens (tertiary/aromatic N) is 2. The number of hydrogen-bond donors (Lipinski definition) is 0. The van der Waals surface area contributed by atoms with Crippen LogP contribution in [0.1, 0.15) is 0 Å². The Kier molecular flexibility index (Phi) is 5.14. The molecule has 2 heteroatoms. The van der Waals surface area contributed by atoms with Crippen molar-refractivity contribution in [3.8, 4) is 11.4 Å². The fourth-order valence-corrected chi connectivity index (χ4v) is 8.30. The number of benzene rings is 9. The predicted molar refractivity (Wildman–Crippen MR) is 205 cm³/mol. The minimum absolute atomic E-state index is 1.17. The van der Waals surface area contributed by atoms with E-state index in [4.69, 9.17) is 0 Å². The first kappa shape index (κ1) is 25.8. The molecule has 0 atom stereocenters. The van der Waals surface area contributed by atoms with E-state index in [2.05, 4.69) is 179 Å². The number of rotatable bonds is 2. The van der Waals surface area contributed by atoms with Crippen LogP contribution in [0.5, 0.6) is 0 Å². The highest BCUT2D eigenvalue weighted by atomic mass is 15.0. The van der Waals surface area contributed by atoms with Crippen molar-refractivity contribution in [1.29, 1.82) is 0 Å². The maximum absolute atomic E-state index is 2.50. The monoisotopic (exact) mass is 608 g/mol. The fourth-order valence-electron chi connectivity index (χ4n) is 8.30. The lowest BCUT2D eigenvalue weighted by Gasteiger charge is -2.12. The van der Waals surface area contributed by atoms with Crippen molar-refractivity contribution in [2.45, 2.75) is 0 Å². The SMILES string of the molecule is c1ccc2cc(-n3c4ccc5c(c6ccc7ccccc7c6n5-c5ccc6ccccc6c5)c4c4ccc5ccccc5c43)ccc2c1. The van der Waals surface area contributed by atoms with Crippen LogP contribution in [0.15, 0.2) is 170 Å². The molecule has 0 unspecified atom stereocenters. The standard InChI is InChI=1S/C46H28N2/c1-3-13-33-27-35(21-17-29(33)9-1)47-41-25-26-42-44(43(41)39-23-19-31-11-5-7-15-37(31)45(39)47)40-24-20-32-12-6-8-16-38(32)46(40)48(42)36-22-18-30-10-2-4-14-34(30)28-36/h1-28H. The molecule has 0 N–H and O–H groups in total. The van der Waals surface area contributed by atoms with Crippen molar-refractivity contribution in [2.24, 2.45) is 0 Å². The molecule has 0 fully saturated rings. The van der Waals surface area contributed by atoms with Crippen LogP contribution in [0.4, 0.5) is 0 Å². The average Bonchev–Trinajstić information content (AvgIpc) is 3.68. The van der Waals surface area contributed by atoms with Crippen molar-refractivity contribution < 1.29 is 0 Å². The van der Waals surface area contributed by atoms with E-state index < -0.39 is 0 Å². The van der Waals surface area contributed by atoms with E-state index in [-0.39, 0.29) is 0 Å². The molecule has 2 heterocycles. The van der Waals surface area contributed by atoms with Gasteiger partial charge in [-0.25, -0.2) is 0 Å². The van der Waals surface area contributed by atoms with Gasteiger partial charge in [0.1, 0.15) is 0 Å². The van der Waals surface area contributed by atoms with E-state index in [1.807, 2.05) is 0 Å². The molecular formula is C46H28N2. The topological polar surface area (TPSA) is 9.86 Å². The van der Waals surface area contributed by atoms with Crippen molar-refractivity contribution in [3.63, 3.8) is 0 Å². The summed E-state index contributed by atoms with van der Waals surface area (Å²) in [6, 6.07) is 62.6. The normalized spacial score (nSPS) is 12.2. The summed E-state index contributed by atoms with van der Waals surface area (Å²) in [6.45, 7) is 0. The van der Waals surface area contributed by atoms with E-state index in [1.54, 1.807) is 0 Å². The highest BCUT2D eigenvalue weighted by Gasteiger charge is 2.23. The van der Waals surface area contributed by atoms with Crippen LogP contribution >= 0.6 is 0 Å². The Hall–Kier alpha value is -6.38. The highest BCUT2D eigenvalue weighted by molar-refractivity contribution is 6.33. The van der Waals surface area contributed by atoms with Gasteiger partial charge in [0, 0.05) is 43.7 Å². The Morgan fingerprint density at radius 1 is 0.271 bits per heavy atom. The summed E-state index contributed by atoms with van der Waals surface area (Å²) in [6.07, 6.45) is 0. The van der Waals surface area contributed by atoms with Crippen molar-refractivity contribution >= 4 is 86.7 Å². The second-order valence-electron chi connectivity index (χ2n) is 13.0. The Morgan fingerprint density at radius 2 is 0.646 bits per heavy atom. The molecule has 0 aliphatic rings. The molecule has 0 aliphatic heterocycles. The second-order valence-corrected chi connectivity index (χ2v) is 13.0. The lowest BCUT2D eigenvalue weighted by Crippen LogP contribution is -1.96. The van der Waals surface area contributed by atoms with E-state index in [0.29, 0.717) is 0 Å². The van der Waals surface area contributed by atoms with Crippen molar-refractivity contribution in [1.82, 2.24) is 9.13 Å². The first-order chi connectivity index (χ1) is 23.8.